The number of rotatable bonds is 8. The van der Waals surface area contributed by atoms with Gasteiger partial charge < -0.3 is 23.7 Å². The number of hydrogen-bond donors (Lipinski definition) is 0. The Morgan fingerprint density at radius 1 is 0.958 bits per heavy atom. The summed E-state index contributed by atoms with van der Waals surface area (Å²) in [5.41, 5.74) is 2.62. The number of benzene rings is 2. The topological polar surface area (TPSA) is 54.0 Å². The van der Waals surface area contributed by atoms with Crippen LogP contribution in [0.1, 0.15) is 22.6 Å². The van der Waals surface area contributed by atoms with Gasteiger partial charge in [-0.3, -0.25) is 0 Å². The van der Waals surface area contributed by atoms with E-state index in [1.165, 1.54) is 0 Å². The smallest absolute Gasteiger partial charge is 0.203 e. The molecule has 0 fully saturated rings. The van der Waals surface area contributed by atoms with Crippen molar-refractivity contribution in [3.63, 3.8) is 0 Å². The molecule has 0 aromatic heterocycles. The van der Waals surface area contributed by atoms with Gasteiger partial charge in [0.05, 0.1) is 33.9 Å². The minimum atomic E-state index is -0.454. The molecule has 5 heteroatoms. The van der Waals surface area contributed by atoms with Gasteiger partial charge in [-0.05, 0) is 28.8 Å². The monoisotopic (exact) mass is 330 g/mol. The van der Waals surface area contributed by atoms with Gasteiger partial charge in [-0.15, -0.1) is 0 Å². The first-order valence-electron chi connectivity index (χ1n) is 7.52. The molecular weight excluding hydrogens is 308 g/mol. The average Bonchev–Trinajstić information content (AvgIpc) is 2.63. The molecule has 1 unspecified atom stereocenters. The van der Waals surface area contributed by atoms with E-state index >= 15 is 0 Å². The molecule has 0 N–H and O–H groups in total. The maximum Gasteiger partial charge on any atom is 0.203 e. The van der Waals surface area contributed by atoms with Gasteiger partial charge in [0.2, 0.25) is 5.75 Å². The van der Waals surface area contributed by atoms with Gasteiger partial charge in [0, 0.05) is 7.11 Å². The van der Waals surface area contributed by atoms with E-state index in [1.54, 1.807) is 40.6 Å². The quantitative estimate of drug-likeness (QED) is 0.696. The standard InChI is InChI=1S/C19H22O5/c1-21-12-13-7-5-6-8-15(13)16(11-20)14-9-17(22-2)19(24-4)18(10-14)23-3/h5-11,16H,12H2,1-4H3. The van der Waals surface area contributed by atoms with Gasteiger partial charge in [-0.2, -0.15) is 0 Å². The summed E-state index contributed by atoms with van der Waals surface area (Å²) in [6, 6.07) is 11.3. The number of methoxy groups -OCH3 is 4. The van der Waals surface area contributed by atoms with Gasteiger partial charge in [0.25, 0.3) is 0 Å². The molecule has 128 valence electrons. The Labute approximate surface area is 142 Å². The summed E-state index contributed by atoms with van der Waals surface area (Å²) in [5, 5.41) is 0. The molecule has 0 radical (unpaired) electrons. The molecule has 0 heterocycles. The lowest BCUT2D eigenvalue weighted by atomic mass is 9.89. The summed E-state index contributed by atoms with van der Waals surface area (Å²) in [6.07, 6.45) is 0.912. The molecule has 2 rings (SSSR count). The predicted molar refractivity (Wildman–Crippen MR) is 91.2 cm³/mol. The Morgan fingerprint density at radius 3 is 2.08 bits per heavy atom. The summed E-state index contributed by atoms with van der Waals surface area (Å²) >= 11 is 0. The number of carbonyl (C=O) groups is 1. The van der Waals surface area contributed by atoms with Crippen LogP contribution in [0.2, 0.25) is 0 Å². The second-order valence-corrected chi connectivity index (χ2v) is 5.20. The van der Waals surface area contributed by atoms with Crippen LogP contribution >= 0.6 is 0 Å². The third-order valence-electron chi connectivity index (χ3n) is 3.87. The van der Waals surface area contributed by atoms with Crippen molar-refractivity contribution in [3.05, 3.63) is 53.1 Å². The third-order valence-corrected chi connectivity index (χ3v) is 3.87. The highest BCUT2D eigenvalue weighted by Crippen LogP contribution is 2.41. The van der Waals surface area contributed by atoms with Crippen molar-refractivity contribution >= 4 is 6.29 Å². The summed E-state index contributed by atoms with van der Waals surface area (Å²) in [7, 11) is 6.28. The van der Waals surface area contributed by atoms with E-state index in [0.29, 0.717) is 23.9 Å². The first kappa shape index (κ1) is 17.8. The number of ether oxygens (including phenoxy) is 4. The van der Waals surface area contributed by atoms with Gasteiger partial charge in [0.15, 0.2) is 11.5 Å². The second-order valence-electron chi connectivity index (χ2n) is 5.20. The van der Waals surface area contributed by atoms with Gasteiger partial charge in [-0.1, -0.05) is 24.3 Å². The van der Waals surface area contributed by atoms with Crippen LogP contribution in [0.3, 0.4) is 0 Å². The lowest BCUT2D eigenvalue weighted by Gasteiger charge is -2.19. The van der Waals surface area contributed by atoms with E-state index in [9.17, 15) is 4.79 Å². The fourth-order valence-electron chi connectivity index (χ4n) is 2.74. The zero-order valence-electron chi connectivity index (χ0n) is 14.4. The van der Waals surface area contributed by atoms with Gasteiger partial charge >= 0.3 is 0 Å². The summed E-state index contributed by atoms with van der Waals surface area (Å²) in [5.74, 6) is 1.08. The summed E-state index contributed by atoms with van der Waals surface area (Å²) in [4.78, 5) is 11.9. The maximum atomic E-state index is 11.9. The first-order chi connectivity index (χ1) is 11.7. The SMILES string of the molecule is COCc1ccccc1C(C=O)c1cc(OC)c(OC)c(OC)c1. The van der Waals surface area contributed by atoms with Crippen molar-refractivity contribution in [2.75, 3.05) is 28.4 Å². The molecule has 0 saturated carbocycles. The molecule has 0 aliphatic carbocycles. The van der Waals surface area contributed by atoms with E-state index in [2.05, 4.69) is 0 Å². The van der Waals surface area contributed by atoms with E-state index in [-0.39, 0.29) is 0 Å². The third kappa shape index (κ3) is 3.51. The molecule has 1 atom stereocenters. The largest absolute Gasteiger partial charge is 0.493 e. The Balaban J connectivity index is 2.58. The molecule has 0 bridgehead atoms. The average molecular weight is 330 g/mol. The predicted octanol–water partition coefficient (Wildman–Crippen LogP) is 3.19. The van der Waals surface area contributed by atoms with Crippen LogP contribution in [0.15, 0.2) is 36.4 Å². The van der Waals surface area contributed by atoms with Crippen LogP contribution in [-0.4, -0.2) is 34.7 Å². The maximum absolute atomic E-state index is 11.9. The van der Waals surface area contributed by atoms with Gasteiger partial charge in [0.1, 0.15) is 6.29 Å². The van der Waals surface area contributed by atoms with Crippen LogP contribution in [0, 0.1) is 0 Å². The molecule has 0 aliphatic heterocycles. The molecule has 0 amide bonds. The molecule has 0 spiro atoms. The highest BCUT2D eigenvalue weighted by Gasteiger charge is 2.21. The van der Waals surface area contributed by atoms with E-state index in [1.807, 2.05) is 24.3 Å². The number of aldehydes is 1. The molecule has 24 heavy (non-hydrogen) atoms. The van der Waals surface area contributed by atoms with Crippen molar-refractivity contribution in [2.45, 2.75) is 12.5 Å². The Morgan fingerprint density at radius 2 is 1.58 bits per heavy atom. The van der Waals surface area contributed by atoms with Crippen molar-refractivity contribution in [1.82, 2.24) is 0 Å². The highest BCUT2D eigenvalue weighted by atomic mass is 16.5. The molecule has 2 aromatic rings. The Hall–Kier alpha value is -2.53. The number of hydrogen-bond acceptors (Lipinski definition) is 5. The van der Waals surface area contributed by atoms with Crippen LogP contribution in [0.25, 0.3) is 0 Å². The summed E-state index contributed by atoms with van der Waals surface area (Å²) in [6.45, 7) is 0.435. The minimum absolute atomic E-state index is 0.435. The van der Waals surface area contributed by atoms with Crippen LogP contribution < -0.4 is 14.2 Å². The number of carbonyl (C=O) groups excluding carboxylic acids is 1. The van der Waals surface area contributed by atoms with Crippen LogP contribution in [0.4, 0.5) is 0 Å². The second kappa shape index (κ2) is 8.36. The van der Waals surface area contributed by atoms with Crippen LogP contribution in [0.5, 0.6) is 17.2 Å². The fourth-order valence-corrected chi connectivity index (χ4v) is 2.74. The lowest BCUT2D eigenvalue weighted by molar-refractivity contribution is -0.108. The summed E-state index contributed by atoms with van der Waals surface area (Å²) < 4.78 is 21.3. The van der Waals surface area contributed by atoms with Crippen LogP contribution in [-0.2, 0) is 16.1 Å². The molecule has 0 aliphatic rings. The molecule has 2 aromatic carbocycles. The van der Waals surface area contributed by atoms with Crippen molar-refractivity contribution in [2.24, 2.45) is 0 Å². The van der Waals surface area contributed by atoms with Crippen molar-refractivity contribution in [3.8, 4) is 17.2 Å². The molecular formula is C19H22O5. The Kier molecular flexibility index (Phi) is 6.21. The molecule has 0 saturated heterocycles. The normalized spacial score (nSPS) is 11.7. The zero-order valence-corrected chi connectivity index (χ0v) is 14.4. The van der Waals surface area contributed by atoms with E-state index in [0.717, 1.165) is 23.0 Å². The lowest BCUT2D eigenvalue weighted by Crippen LogP contribution is -2.08. The van der Waals surface area contributed by atoms with E-state index < -0.39 is 5.92 Å². The minimum Gasteiger partial charge on any atom is -0.493 e. The highest BCUT2D eigenvalue weighted by molar-refractivity contribution is 5.71. The molecule has 5 nitrogen and oxygen atoms in total. The van der Waals surface area contributed by atoms with Crippen molar-refractivity contribution in [1.29, 1.82) is 0 Å². The van der Waals surface area contributed by atoms with E-state index in [4.69, 9.17) is 18.9 Å². The Bertz CT molecular complexity index is 671. The zero-order chi connectivity index (χ0) is 17.5. The van der Waals surface area contributed by atoms with Crippen molar-refractivity contribution < 1.29 is 23.7 Å². The fraction of sp³-hybridized carbons (Fsp3) is 0.316. The first-order valence-corrected chi connectivity index (χ1v) is 7.52. The van der Waals surface area contributed by atoms with Gasteiger partial charge in [-0.25, -0.2) is 0 Å².